The van der Waals surface area contributed by atoms with Crippen LogP contribution in [-0.2, 0) is 19.9 Å². The van der Waals surface area contributed by atoms with E-state index in [0.717, 1.165) is 42.6 Å². The SMILES string of the molecule is Cc1cc(NC(=O)c2n[nH]c3c2CCCCC3)nn1C. The van der Waals surface area contributed by atoms with Gasteiger partial charge in [-0.15, -0.1) is 0 Å². The topological polar surface area (TPSA) is 75.6 Å². The third kappa shape index (κ3) is 2.33. The second-order valence-corrected chi connectivity index (χ2v) is 5.34. The second-order valence-electron chi connectivity index (χ2n) is 5.34. The number of H-pyrrole nitrogens is 1. The molecule has 0 aromatic carbocycles. The Hall–Kier alpha value is -2.11. The van der Waals surface area contributed by atoms with Crippen LogP contribution in [0.5, 0.6) is 0 Å². The van der Waals surface area contributed by atoms with Gasteiger partial charge in [0.05, 0.1) is 0 Å². The van der Waals surface area contributed by atoms with Gasteiger partial charge >= 0.3 is 0 Å². The molecule has 2 heterocycles. The van der Waals surface area contributed by atoms with Gasteiger partial charge in [-0.05, 0) is 32.6 Å². The predicted molar refractivity (Wildman–Crippen MR) is 75.7 cm³/mol. The molecule has 106 valence electrons. The van der Waals surface area contributed by atoms with Crippen molar-refractivity contribution in [3.8, 4) is 0 Å². The molecule has 0 radical (unpaired) electrons. The number of hydrogen-bond donors (Lipinski definition) is 2. The molecule has 20 heavy (non-hydrogen) atoms. The highest BCUT2D eigenvalue weighted by Gasteiger charge is 2.21. The molecule has 0 spiro atoms. The van der Waals surface area contributed by atoms with Crippen molar-refractivity contribution in [2.45, 2.75) is 39.0 Å². The summed E-state index contributed by atoms with van der Waals surface area (Å²) in [4.78, 5) is 12.3. The number of nitrogens with zero attached hydrogens (tertiary/aromatic N) is 3. The van der Waals surface area contributed by atoms with Gasteiger partial charge in [-0.1, -0.05) is 6.42 Å². The van der Waals surface area contributed by atoms with Gasteiger partial charge in [0, 0.05) is 30.1 Å². The highest BCUT2D eigenvalue weighted by molar-refractivity contribution is 6.03. The first-order chi connectivity index (χ1) is 9.65. The van der Waals surface area contributed by atoms with Gasteiger partial charge in [-0.2, -0.15) is 10.2 Å². The first-order valence-electron chi connectivity index (χ1n) is 7.03. The monoisotopic (exact) mass is 273 g/mol. The normalized spacial score (nSPS) is 14.7. The summed E-state index contributed by atoms with van der Waals surface area (Å²) in [5.41, 5.74) is 3.71. The molecule has 0 saturated carbocycles. The molecule has 1 aliphatic carbocycles. The summed E-state index contributed by atoms with van der Waals surface area (Å²) < 4.78 is 1.74. The maximum atomic E-state index is 12.3. The third-order valence-corrected chi connectivity index (χ3v) is 3.88. The van der Waals surface area contributed by atoms with Gasteiger partial charge in [0.2, 0.25) is 0 Å². The van der Waals surface area contributed by atoms with E-state index in [1.165, 1.54) is 6.42 Å². The number of carbonyl (C=O) groups excluding carboxylic acids is 1. The lowest BCUT2D eigenvalue weighted by molar-refractivity contribution is 0.102. The zero-order valence-electron chi connectivity index (χ0n) is 11.9. The van der Waals surface area contributed by atoms with Crippen LogP contribution < -0.4 is 5.32 Å². The molecule has 1 amide bonds. The minimum absolute atomic E-state index is 0.178. The fourth-order valence-corrected chi connectivity index (χ4v) is 2.64. The molecular formula is C14H19N5O. The van der Waals surface area contributed by atoms with Crippen LogP contribution in [0.15, 0.2) is 6.07 Å². The average Bonchev–Trinajstić information content (AvgIpc) is 2.85. The summed E-state index contributed by atoms with van der Waals surface area (Å²) >= 11 is 0. The zero-order chi connectivity index (χ0) is 14.1. The van der Waals surface area contributed by atoms with Crippen molar-refractivity contribution in [2.75, 3.05) is 5.32 Å². The van der Waals surface area contributed by atoms with Crippen molar-refractivity contribution in [3.63, 3.8) is 0 Å². The van der Waals surface area contributed by atoms with Crippen LogP contribution in [0.1, 0.15) is 46.7 Å². The van der Waals surface area contributed by atoms with E-state index in [-0.39, 0.29) is 5.91 Å². The maximum absolute atomic E-state index is 12.3. The van der Waals surface area contributed by atoms with Crippen LogP contribution in [0.25, 0.3) is 0 Å². The second kappa shape index (κ2) is 5.11. The molecule has 1 aliphatic rings. The van der Waals surface area contributed by atoms with Gasteiger partial charge in [0.25, 0.3) is 5.91 Å². The summed E-state index contributed by atoms with van der Waals surface area (Å²) in [6.45, 7) is 1.95. The van der Waals surface area contributed by atoms with E-state index in [1.54, 1.807) is 4.68 Å². The molecule has 0 bridgehead atoms. The predicted octanol–water partition coefficient (Wildman–Crippen LogP) is 1.97. The lowest BCUT2D eigenvalue weighted by atomic mass is 10.1. The molecular weight excluding hydrogens is 254 g/mol. The molecule has 2 aromatic heterocycles. The van der Waals surface area contributed by atoms with Crippen molar-refractivity contribution in [3.05, 3.63) is 28.7 Å². The summed E-state index contributed by atoms with van der Waals surface area (Å²) in [5, 5.41) is 14.3. The first kappa shape index (κ1) is 12.9. The Balaban J connectivity index is 1.82. The Morgan fingerprint density at radius 3 is 2.90 bits per heavy atom. The Morgan fingerprint density at radius 1 is 1.35 bits per heavy atom. The van der Waals surface area contributed by atoms with Crippen LogP contribution in [0.4, 0.5) is 5.82 Å². The van der Waals surface area contributed by atoms with Gasteiger partial charge in [0.1, 0.15) is 0 Å². The molecule has 0 atom stereocenters. The van der Waals surface area contributed by atoms with Gasteiger partial charge in [-0.25, -0.2) is 0 Å². The van der Waals surface area contributed by atoms with E-state index in [4.69, 9.17) is 0 Å². The number of aryl methyl sites for hydroxylation is 3. The number of nitrogens with one attached hydrogen (secondary N) is 2. The largest absolute Gasteiger partial charge is 0.304 e. The van der Waals surface area contributed by atoms with E-state index >= 15 is 0 Å². The van der Waals surface area contributed by atoms with Crippen molar-refractivity contribution in [1.82, 2.24) is 20.0 Å². The number of carbonyl (C=O) groups is 1. The highest BCUT2D eigenvalue weighted by atomic mass is 16.2. The van der Waals surface area contributed by atoms with E-state index in [0.29, 0.717) is 11.5 Å². The van der Waals surface area contributed by atoms with Crippen LogP contribution in [-0.4, -0.2) is 25.9 Å². The van der Waals surface area contributed by atoms with E-state index in [2.05, 4.69) is 20.6 Å². The molecule has 2 N–H and O–H groups in total. The van der Waals surface area contributed by atoms with Crippen molar-refractivity contribution >= 4 is 11.7 Å². The molecule has 0 saturated heterocycles. The Morgan fingerprint density at radius 2 is 2.15 bits per heavy atom. The van der Waals surface area contributed by atoms with Crippen LogP contribution >= 0.6 is 0 Å². The highest BCUT2D eigenvalue weighted by Crippen LogP contribution is 2.22. The number of anilines is 1. The number of aromatic amines is 1. The molecule has 0 aliphatic heterocycles. The minimum Gasteiger partial charge on any atom is -0.304 e. The third-order valence-electron chi connectivity index (χ3n) is 3.88. The number of fused-ring (bicyclic) bond motifs is 1. The van der Waals surface area contributed by atoms with E-state index < -0.39 is 0 Å². The zero-order valence-corrected chi connectivity index (χ0v) is 11.9. The molecule has 0 unspecified atom stereocenters. The quantitative estimate of drug-likeness (QED) is 0.821. The van der Waals surface area contributed by atoms with Crippen LogP contribution in [0.3, 0.4) is 0 Å². The van der Waals surface area contributed by atoms with Crippen molar-refractivity contribution in [2.24, 2.45) is 7.05 Å². The molecule has 0 fully saturated rings. The maximum Gasteiger partial charge on any atom is 0.277 e. The van der Waals surface area contributed by atoms with Crippen molar-refractivity contribution in [1.29, 1.82) is 0 Å². The lowest BCUT2D eigenvalue weighted by Crippen LogP contribution is -2.15. The first-order valence-corrected chi connectivity index (χ1v) is 7.03. The minimum atomic E-state index is -0.178. The summed E-state index contributed by atoms with van der Waals surface area (Å²) in [6.07, 6.45) is 5.41. The molecule has 2 aromatic rings. The molecule has 6 nitrogen and oxygen atoms in total. The molecule has 3 rings (SSSR count). The Bertz CT molecular complexity index is 621. The fraction of sp³-hybridized carbons (Fsp3) is 0.500. The Labute approximate surface area is 117 Å². The number of amides is 1. The van der Waals surface area contributed by atoms with Crippen molar-refractivity contribution < 1.29 is 4.79 Å². The number of hydrogen-bond acceptors (Lipinski definition) is 3. The smallest absolute Gasteiger partial charge is 0.277 e. The standard InChI is InChI=1S/C14H19N5O/c1-9-8-12(18-19(9)2)15-14(20)13-10-6-4-3-5-7-11(10)16-17-13/h8H,3-7H2,1-2H3,(H,16,17)(H,15,18,20). The van der Waals surface area contributed by atoms with E-state index in [1.807, 2.05) is 20.0 Å². The number of rotatable bonds is 2. The van der Waals surface area contributed by atoms with Crippen LogP contribution in [0.2, 0.25) is 0 Å². The Kier molecular flexibility index (Phi) is 3.30. The molecule has 6 heteroatoms. The van der Waals surface area contributed by atoms with Crippen LogP contribution in [0, 0.1) is 6.92 Å². The van der Waals surface area contributed by atoms with Gasteiger partial charge in [-0.3, -0.25) is 14.6 Å². The summed E-state index contributed by atoms with van der Waals surface area (Å²) in [6, 6.07) is 1.85. The summed E-state index contributed by atoms with van der Waals surface area (Å²) in [7, 11) is 1.85. The number of aromatic nitrogens is 4. The fourth-order valence-electron chi connectivity index (χ4n) is 2.64. The average molecular weight is 273 g/mol. The summed E-state index contributed by atoms with van der Waals surface area (Å²) in [5.74, 6) is 0.392. The van der Waals surface area contributed by atoms with E-state index in [9.17, 15) is 4.79 Å². The van der Waals surface area contributed by atoms with Gasteiger partial charge in [0.15, 0.2) is 11.5 Å². The lowest BCUT2D eigenvalue weighted by Gasteiger charge is -2.02. The van der Waals surface area contributed by atoms with Gasteiger partial charge < -0.3 is 5.32 Å².